The van der Waals surface area contributed by atoms with E-state index in [9.17, 15) is 0 Å². The molecule has 0 bridgehead atoms. The summed E-state index contributed by atoms with van der Waals surface area (Å²) in [4.78, 5) is 4.90. The van der Waals surface area contributed by atoms with Gasteiger partial charge in [0.2, 0.25) is 0 Å². The fourth-order valence-electron chi connectivity index (χ4n) is 2.66. The van der Waals surface area contributed by atoms with Gasteiger partial charge in [-0.1, -0.05) is 60.7 Å². The third-order valence-corrected chi connectivity index (χ3v) is 3.73. The van der Waals surface area contributed by atoms with E-state index in [4.69, 9.17) is 4.99 Å². The fourth-order valence-corrected chi connectivity index (χ4v) is 2.66. The Morgan fingerprint density at radius 3 is 1.95 bits per heavy atom. The molecule has 3 rings (SSSR count). The molecule has 0 unspecified atom stereocenters. The van der Waals surface area contributed by atoms with E-state index in [1.807, 2.05) is 7.05 Å². The van der Waals surface area contributed by atoms with Gasteiger partial charge in [0.1, 0.15) is 0 Å². The molecule has 0 aliphatic rings. The summed E-state index contributed by atoms with van der Waals surface area (Å²) in [5.74, 6) is 0. The van der Waals surface area contributed by atoms with Crippen LogP contribution in [0.1, 0.15) is 6.42 Å². The highest BCUT2D eigenvalue weighted by atomic mass is 14.8. The maximum atomic E-state index is 4.90. The first-order valence-corrected chi connectivity index (χ1v) is 7.46. The van der Waals surface area contributed by atoms with Crippen molar-refractivity contribution < 1.29 is 0 Å². The summed E-state index contributed by atoms with van der Waals surface area (Å²) in [5, 5.41) is 9.21. The van der Waals surface area contributed by atoms with E-state index < -0.39 is 0 Å². The average Bonchev–Trinajstić information content (AvgIpc) is 2.69. The van der Waals surface area contributed by atoms with Gasteiger partial charge < -0.3 is 5.32 Å². The highest BCUT2D eigenvalue weighted by Gasteiger charge is 1.99. The molecule has 0 amide bonds. The Hall–Kier alpha value is -2.19. The van der Waals surface area contributed by atoms with Crippen molar-refractivity contribution in [1.29, 1.82) is 0 Å². The van der Waals surface area contributed by atoms with Crippen LogP contribution in [0, 0.1) is 0 Å². The predicted molar refractivity (Wildman–Crippen MR) is 90.4 cm³/mol. The molecule has 0 aliphatic carbocycles. The number of fused-ring (bicyclic) bond motifs is 2. The molecule has 106 valence electrons. The number of hydrogen-bond donors (Lipinski definition) is 1. The Balaban J connectivity index is 2.29. The quantitative estimate of drug-likeness (QED) is 0.725. The van der Waals surface area contributed by atoms with E-state index in [0.717, 1.165) is 24.9 Å². The van der Waals surface area contributed by atoms with Gasteiger partial charge in [0.25, 0.3) is 0 Å². The molecule has 0 aromatic heterocycles. The van der Waals surface area contributed by atoms with E-state index in [0.29, 0.717) is 0 Å². The molecule has 0 saturated heterocycles. The van der Waals surface area contributed by atoms with Crippen molar-refractivity contribution in [3.05, 3.63) is 66.0 Å². The van der Waals surface area contributed by atoms with Crippen LogP contribution in [0.2, 0.25) is 0 Å². The smallest absolute Gasteiger partial charge is 0.0730 e. The number of benzene rings is 2. The summed E-state index contributed by atoms with van der Waals surface area (Å²) in [6.45, 7) is 1.84. The van der Waals surface area contributed by atoms with Gasteiger partial charge in [0, 0.05) is 17.3 Å². The van der Waals surface area contributed by atoms with Crippen LogP contribution in [0.3, 0.4) is 0 Å². The monoisotopic (exact) mass is 276 g/mol. The SMILES string of the molecule is CNCCCN=c1c2ccccc2ccc2ccccc12. The van der Waals surface area contributed by atoms with Crippen LogP contribution in [0.25, 0.3) is 21.5 Å². The van der Waals surface area contributed by atoms with Crippen molar-refractivity contribution in [3.8, 4) is 0 Å². The van der Waals surface area contributed by atoms with E-state index in [2.05, 4.69) is 66.0 Å². The topological polar surface area (TPSA) is 24.4 Å². The largest absolute Gasteiger partial charge is 0.320 e. The van der Waals surface area contributed by atoms with Gasteiger partial charge in [-0.15, -0.1) is 0 Å². The minimum atomic E-state index is 0.846. The van der Waals surface area contributed by atoms with E-state index in [-0.39, 0.29) is 0 Å². The number of rotatable bonds is 4. The fraction of sp³-hybridized carbons (Fsp3) is 0.211. The molecule has 3 aromatic rings. The normalized spacial score (nSPS) is 10.9. The van der Waals surface area contributed by atoms with Gasteiger partial charge in [-0.2, -0.15) is 0 Å². The van der Waals surface area contributed by atoms with Gasteiger partial charge >= 0.3 is 0 Å². The zero-order chi connectivity index (χ0) is 14.5. The highest BCUT2D eigenvalue weighted by molar-refractivity contribution is 5.92. The Morgan fingerprint density at radius 2 is 1.38 bits per heavy atom. The second kappa shape index (κ2) is 6.51. The minimum Gasteiger partial charge on any atom is -0.320 e. The summed E-state index contributed by atoms with van der Waals surface area (Å²) in [5.41, 5.74) is 0. The highest BCUT2D eigenvalue weighted by Crippen LogP contribution is 2.15. The summed E-state index contributed by atoms with van der Waals surface area (Å²) < 4.78 is 0. The van der Waals surface area contributed by atoms with Crippen molar-refractivity contribution in [1.82, 2.24) is 5.32 Å². The van der Waals surface area contributed by atoms with Crippen molar-refractivity contribution in [2.24, 2.45) is 4.99 Å². The third-order valence-electron chi connectivity index (χ3n) is 3.73. The second-order valence-corrected chi connectivity index (χ2v) is 5.20. The maximum Gasteiger partial charge on any atom is 0.0730 e. The van der Waals surface area contributed by atoms with Gasteiger partial charge in [-0.25, -0.2) is 0 Å². The maximum absolute atomic E-state index is 4.90. The molecule has 0 radical (unpaired) electrons. The molecule has 21 heavy (non-hydrogen) atoms. The van der Waals surface area contributed by atoms with Crippen LogP contribution in [0.4, 0.5) is 0 Å². The molecule has 0 atom stereocenters. The zero-order valence-electron chi connectivity index (χ0n) is 12.3. The van der Waals surface area contributed by atoms with Gasteiger partial charge in [0.15, 0.2) is 0 Å². The zero-order valence-corrected chi connectivity index (χ0v) is 12.3. The summed E-state index contributed by atoms with van der Waals surface area (Å²) >= 11 is 0. The van der Waals surface area contributed by atoms with E-state index >= 15 is 0 Å². The standard InChI is InChI=1S/C19H20N2/c1-20-13-6-14-21-19-17-9-4-2-7-15(17)11-12-16-8-3-5-10-18(16)19/h2-5,7-12,20H,6,13-14H2,1H3. The molecule has 1 N–H and O–H groups in total. The first-order valence-electron chi connectivity index (χ1n) is 7.46. The van der Waals surface area contributed by atoms with Gasteiger partial charge in [-0.3, -0.25) is 4.99 Å². The van der Waals surface area contributed by atoms with Crippen LogP contribution in [-0.2, 0) is 0 Å². The summed E-state index contributed by atoms with van der Waals surface area (Å²) in [6, 6.07) is 21.3. The minimum absolute atomic E-state index is 0.846. The third kappa shape index (κ3) is 2.96. The van der Waals surface area contributed by atoms with Crippen LogP contribution >= 0.6 is 0 Å². The Bertz CT molecular complexity index is 760. The number of nitrogens with zero attached hydrogens (tertiary/aromatic N) is 1. The Morgan fingerprint density at radius 1 is 0.810 bits per heavy atom. The second-order valence-electron chi connectivity index (χ2n) is 5.20. The van der Waals surface area contributed by atoms with Crippen molar-refractivity contribution in [2.45, 2.75) is 6.42 Å². The molecule has 0 aliphatic heterocycles. The van der Waals surface area contributed by atoms with Crippen molar-refractivity contribution >= 4 is 21.5 Å². The van der Waals surface area contributed by atoms with Crippen molar-refractivity contribution in [2.75, 3.05) is 20.1 Å². The van der Waals surface area contributed by atoms with Crippen LogP contribution in [0.15, 0.2) is 65.7 Å². The molecule has 0 heterocycles. The molecule has 2 heteroatoms. The first-order chi connectivity index (χ1) is 10.4. The van der Waals surface area contributed by atoms with Crippen LogP contribution < -0.4 is 10.7 Å². The Kier molecular flexibility index (Phi) is 4.27. The van der Waals surface area contributed by atoms with Crippen LogP contribution in [-0.4, -0.2) is 20.1 Å². The van der Waals surface area contributed by atoms with Gasteiger partial charge in [-0.05, 0) is 30.8 Å². The average molecular weight is 276 g/mol. The lowest BCUT2D eigenvalue weighted by atomic mass is 10.1. The lowest BCUT2D eigenvalue weighted by molar-refractivity contribution is 0.728. The molecule has 0 spiro atoms. The molecular weight excluding hydrogens is 256 g/mol. The van der Waals surface area contributed by atoms with E-state index in [1.54, 1.807) is 0 Å². The molecule has 2 nitrogen and oxygen atoms in total. The van der Waals surface area contributed by atoms with Crippen molar-refractivity contribution in [3.63, 3.8) is 0 Å². The Labute approximate surface area is 125 Å². The number of nitrogens with one attached hydrogen (secondary N) is 1. The van der Waals surface area contributed by atoms with Crippen LogP contribution in [0.5, 0.6) is 0 Å². The van der Waals surface area contributed by atoms with Gasteiger partial charge in [0.05, 0.1) is 5.36 Å². The summed E-state index contributed by atoms with van der Waals surface area (Å²) in [7, 11) is 1.98. The molecule has 0 fully saturated rings. The predicted octanol–water partition coefficient (Wildman–Crippen LogP) is 3.50. The first kappa shape index (κ1) is 13.8. The molecule has 0 saturated carbocycles. The number of hydrogen-bond acceptors (Lipinski definition) is 2. The molecular formula is C19H20N2. The van der Waals surface area contributed by atoms with E-state index in [1.165, 1.54) is 21.5 Å². The summed E-state index contributed by atoms with van der Waals surface area (Å²) in [6.07, 6.45) is 1.05. The lowest BCUT2D eigenvalue weighted by Gasteiger charge is -1.98. The lowest BCUT2D eigenvalue weighted by Crippen LogP contribution is -2.10. The molecule has 3 aromatic carbocycles.